The lowest BCUT2D eigenvalue weighted by atomic mass is 10.1. The Morgan fingerprint density at radius 1 is 1.23 bits per heavy atom. The number of nitrogens with one attached hydrogen (secondary N) is 2. The summed E-state index contributed by atoms with van der Waals surface area (Å²) in [5, 5.41) is 16.8. The predicted octanol–water partition coefficient (Wildman–Crippen LogP) is 2.80. The topological polar surface area (TPSA) is 109 Å². The fourth-order valence-corrected chi connectivity index (χ4v) is 2.71. The highest BCUT2D eigenvalue weighted by atomic mass is 16.5. The minimum Gasteiger partial charge on any atom is -0.504 e. The maximum Gasteiger partial charge on any atom is 0.251 e. The van der Waals surface area contributed by atoms with E-state index in [0.717, 1.165) is 0 Å². The molecule has 3 N–H and O–H groups in total. The van der Waals surface area contributed by atoms with Gasteiger partial charge in [-0.25, -0.2) is 5.43 Å². The number of carbonyl (C=O) groups excluding carboxylic acids is 2. The van der Waals surface area contributed by atoms with Crippen molar-refractivity contribution < 1.29 is 24.2 Å². The van der Waals surface area contributed by atoms with Crippen LogP contribution < -0.4 is 20.2 Å². The standard InChI is InChI=1S/C23H27N3O5/c1-4-6-18-13-16(14-20(22(18)28)31-5-2)15-25-26-21(27)11-12-24-23(29)17-7-9-19(30-3)10-8-17/h4,7-10,13-15,28H,1,5-6,11-12H2,2-3H3,(H,24,29)(H,26,27). The van der Waals surface area contributed by atoms with Gasteiger partial charge in [-0.3, -0.25) is 9.59 Å². The molecule has 0 aromatic heterocycles. The number of phenolic OH excluding ortho intramolecular Hbond substituents is 1. The molecule has 0 aliphatic carbocycles. The molecule has 2 aromatic rings. The molecule has 0 fully saturated rings. The molecule has 0 saturated carbocycles. The first-order valence-electron chi connectivity index (χ1n) is 9.82. The van der Waals surface area contributed by atoms with Crippen LogP contribution in [0.15, 0.2) is 54.2 Å². The van der Waals surface area contributed by atoms with E-state index in [1.165, 1.54) is 6.21 Å². The van der Waals surface area contributed by atoms with Crippen molar-refractivity contribution in [1.82, 2.24) is 10.7 Å². The lowest BCUT2D eigenvalue weighted by Crippen LogP contribution is -2.29. The van der Waals surface area contributed by atoms with Gasteiger partial charge in [-0.15, -0.1) is 6.58 Å². The van der Waals surface area contributed by atoms with Crippen molar-refractivity contribution in [3.05, 3.63) is 65.7 Å². The van der Waals surface area contributed by atoms with Gasteiger partial charge < -0.3 is 19.9 Å². The highest BCUT2D eigenvalue weighted by molar-refractivity contribution is 5.94. The second-order valence-corrected chi connectivity index (χ2v) is 6.48. The van der Waals surface area contributed by atoms with E-state index < -0.39 is 0 Å². The number of rotatable bonds is 11. The zero-order valence-corrected chi connectivity index (χ0v) is 17.7. The number of ether oxygens (including phenoxy) is 2. The van der Waals surface area contributed by atoms with Crippen molar-refractivity contribution in [3.8, 4) is 17.2 Å². The van der Waals surface area contributed by atoms with Gasteiger partial charge in [-0.05, 0) is 55.3 Å². The van der Waals surface area contributed by atoms with E-state index in [0.29, 0.717) is 41.2 Å². The van der Waals surface area contributed by atoms with Gasteiger partial charge in [-0.2, -0.15) is 5.10 Å². The third kappa shape index (κ3) is 7.18. The number of amides is 2. The molecule has 8 heteroatoms. The van der Waals surface area contributed by atoms with Crippen molar-refractivity contribution in [2.24, 2.45) is 5.10 Å². The quantitative estimate of drug-likeness (QED) is 0.291. The average molecular weight is 425 g/mol. The summed E-state index contributed by atoms with van der Waals surface area (Å²) in [5.41, 5.74) is 4.20. The molecule has 2 rings (SSSR count). The summed E-state index contributed by atoms with van der Waals surface area (Å²) >= 11 is 0. The van der Waals surface area contributed by atoms with E-state index in [1.807, 2.05) is 6.92 Å². The van der Waals surface area contributed by atoms with Crippen LogP contribution in [0.4, 0.5) is 0 Å². The lowest BCUT2D eigenvalue weighted by molar-refractivity contribution is -0.120. The number of methoxy groups -OCH3 is 1. The fraction of sp³-hybridized carbons (Fsp3) is 0.261. The smallest absolute Gasteiger partial charge is 0.251 e. The summed E-state index contributed by atoms with van der Waals surface area (Å²) in [6.45, 7) is 6.07. The molecule has 2 aromatic carbocycles. The highest BCUT2D eigenvalue weighted by Gasteiger charge is 2.10. The van der Waals surface area contributed by atoms with Gasteiger partial charge in [0.05, 0.1) is 19.9 Å². The molecule has 0 saturated heterocycles. The Morgan fingerprint density at radius 2 is 1.97 bits per heavy atom. The first-order chi connectivity index (χ1) is 15.0. The molecule has 0 bridgehead atoms. The van der Waals surface area contributed by atoms with Crippen LogP contribution in [0.2, 0.25) is 0 Å². The molecule has 0 heterocycles. The third-order valence-electron chi connectivity index (χ3n) is 4.23. The van der Waals surface area contributed by atoms with Crippen LogP contribution in [0.25, 0.3) is 0 Å². The molecule has 164 valence electrons. The average Bonchev–Trinajstić information content (AvgIpc) is 2.77. The van der Waals surface area contributed by atoms with Crippen molar-refractivity contribution >= 4 is 18.0 Å². The number of hydrazone groups is 1. The van der Waals surface area contributed by atoms with Crippen molar-refractivity contribution in [1.29, 1.82) is 0 Å². The summed E-state index contributed by atoms with van der Waals surface area (Å²) < 4.78 is 10.5. The molecule has 0 unspecified atom stereocenters. The Kier molecular flexibility index (Phi) is 9.10. The molecule has 0 radical (unpaired) electrons. The fourth-order valence-electron chi connectivity index (χ4n) is 2.71. The van der Waals surface area contributed by atoms with Gasteiger partial charge in [-0.1, -0.05) is 6.08 Å². The SMILES string of the molecule is C=CCc1cc(C=NNC(=O)CCNC(=O)c2ccc(OC)cc2)cc(OCC)c1O. The summed E-state index contributed by atoms with van der Waals surface area (Å²) in [5.74, 6) is 0.446. The van der Waals surface area contributed by atoms with Crippen molar-refractivity contribution in [2.45, 2.75) is 19.8 Å². The normalized spacial score (nSPS) is 10.5. The van der Waals surface area contributed by atoms with Crippen LogP contribution in [-0.2, 0) is 11.2 Å². The Bertz CT molecular complexity index is 939. The van der Waals surface area contributed by atoms with E-state index in [-0.39, 0.29) is 30.5 Å². The van der Waals surface area contributed by atoms with Gasteiger partial charge in [0.15, 0.2) is 11.5 Å². The maximum absolute atomic E-state index is 12.1. The van der Waals surface area contributed by atoms with E-state index in [4.69, 9.17) is 9.47 Å². The Balaban J connectivity index is 1.86. The van der Waals surface area contributed by atoms with E-state index in [9.17, 15) is 14.7 Å². The molecule has 0 aliphatic rings. The van der Waals surface area contributed by atoms with E-state index in [1.54, 1.807) is 49.6 Å². The molecule has 0 aliphatic heterocycles. The van der Waals surface area contributed by atoms with Crippen LogP contribution in [-0.4, -0.2) is 43.4 Å². The minimum atomic E-state index is -0.346. The summed E-state index contributed by atoms with van der Waals surface area (Å²) in [6.07, 6.45) is 3.67. The van der Waals surface area contributed by atoms with Crippen LogP contribution in [0, 0.1) is 0 Å². The summed E-state index contributed by atoms with van der Waals surface area (Å²) in [4.78, 5) is 24.0. The number of allylic oxidation sites excluding steroid dienone is 1. The Hall–Kier alpha value is -3.81. The number of carbonyl (C=O) groups is 2. The first kappa shape index (κ1) is 23.5. The first-order valence-corrected chi connectivity index (χ1v) is 9.82. The van der Waals surface area contributed by atoms with Crippen molar-refractivity contribution in [3.63, 3.8) is 0 Å². The number of phenols is 1. The lowest BCUT2D eigenvalue weighted by Gasteiger charge is -2.10. The van der Waals surface area contributed by atoms with Crippen LogP contribution >= 0.6 is 0 Å². The summed E-state index contributed by atoms with van der Waals surface area (Å²) in [7, 11) is 1.55. The minimum absolute atomic E-state index is 0.0653. The number of benzene rings is 2. The van der Waals surface area contributed by atoms with Gasteiger partial charge in [0.1, 0.15) is 5.75 Å². The molecule has 0 atom stereocenters. The number of hydrogen-bond acceptors (Lipinski definition) is 6. The van der Waals surface area contributed by atoms with Crippen LogP contribution in [0.1, 0.15) is 34.8 Å². The van der Waals surface area contributed by atoms with Gasteiger partial charge in [0.2, 0.25) is 5.91 Å². The number of hydrogen-bond donors (Lipinski definition) is 3. The van der Waals surface area contributed by atoms with Crippen LogP contribution in [0.5, 0.6) is 17.2 Å². The molecular weight excluding hydrogens is 398 g/mol. The van der Waals surface area contributed by atoms with Crippen molar-refractivity contribution in [2.75, 3.05) is 20.3 Å². The monoisotopic (exact) mass is 425 g/mol. The number of nitrogens with zero attached hydrogens (tertiary/aromatic N) is 1. The zero-order chi connectivity index (χ0) is 22.6. The second kappa shape index (κ2) is 12.0. The third-order valence-corrected chi connectivity index (χ3v) is 4.23. The van der Waals surface area contributed by atoms with Gasteiger partial charge in [0, 0.05) is 24.1 Å². The Morgan fingerprint density at radius 3 is 2.61 bits per heavy atom. The molecule has 2 amide bonds. The maximum atomic E-state index is 12.1. The molecular formula is C23H27N3O5. The molecule has 31 heavy (non-hydrogen) atoms. The summed E-state index contributed by atoms with van der Waals surface area (Å²) in [6, 6.07) is 10.1. The Labute approximate surface area is 181 Å². The number of aromatic hydroxyl groups is 1. The van der Waals surface area contributed by atoms with E-state index >= 15 is 0 Å². The van der Waals surface area contributed by atoms with Crippen LogP contribution in [0.3, 0.4) is 0 Å². The molecule has 8 nitrogen and oxygen atoms in total. The van der Waals surface area contributed by atoms with Gasteiger partial charge in [0.25, 0.3) is 5.91 Å². The van der Waals surface area contributed by atoms with Gasteiger partial charge >= 0.3 is 0 Å². The molecule has 0 spiro atoms. The largest absolute Gasteiger partial charge is 0.504 e. The highest BCUT2D eigenvalue weighted by Crippen LogP contribution is 2.31. The second-order valence-electron chi connectivity index (χ2n) is 6.48. The zero-order valence-electron chi connectivity index (χ0n) is 17.7. The predicted molar refractivity (Wildman–Crippen MR) is 119 cm³/mol. The van der Waals surface area contributed by atoms with E-state index in [2.05, 4.69) is 22.4 Å².